The van der Waals surface area contributed by atoms with Gasteiger partial charge in [-0.15, -0.1) is 0 Å². The molecule has 1 aromatic carbocycles. The number of fused-ring (bicyclic) bond motifs is 1. The van der Waals surface area contributed by atoms with Gasteiger partial charge in [-0.1, -0.05) is 6.07 Å². The molecular formula is C10H11N3O. The number of hydrogen-bond donors (Lipinski definition) is 1. The molecule has 0 atom stereocenters. The minimum atomic E-state index is 0.492. The molecule has 0 fully saturated rings. The van der Waals surface area contributed by atoms with Crippen LogP contribution in [0.3, 0.4) is 0 Å². The molecule has 4 heteroatoms. The first-order valence-corrected chi connectivity index (χ1v) is 4.33. The largest absolute Gasteiger partial charge is 0.496 e. The molecule has 0 unspecified atom stereocenters. The number of rotatable bonds is 2. The predicted molar refractivity (Wildman–Crippen MR) is 54.0 cm³/mol. The number of nitrogens with zero attached hydrogens (tertiary/aromatic N) is 2. The molecule has 2 aromatic rings. The van der Waals surface area contributed by atoms with Crippen LogP contribution in [-0.4, -0.2) is 17.3 Å². The van der Waals surface area contributed by atoms with Gasteiger partial charge < -0.3 is 10.5 Å². The Morgan fingerprint density at radius 3 is 2.57 bits per heavy atom. The Balaban J connectivity index is 2.78. The van der Waals surface area contributed by atoms with Gasteiger partial charge in [0.1, 0.15) is 5.75 Å². The van der Waals surface area contributed by atoms with Crippen LogP contribution >= 0.6 is 0 Å². The van der Waals surface area contributed by atoms with Crippen molar-refractivity contribution >= 4 is 10.8 Å². The van der Waals surface area contributed by atoms with E-state index in [4.69, 9.17) is 10.5 Å². The highest BCUT2D eigenvalue weighted by Crippen LogP contribution is 2.26. The minimum absolute atomic E-state index is 0.492. The number of benzene rings is 1. The van der Waals surface area contributed by atoms with Gasteiger partial charge in [-0.3, -0.25) is 0 Å². The Kier molecular flexibility index (Phi) is 2.28. The molecule has 1 aromatic heterocycles. The van der Waals surface area contributed by atoms with Gasteiger partial charge in [-0.2, -0.15) is 10.2 Å². The van der Waals surface area contributed by atoms with E-state index in [1.165, 1.54) is 0 Å². The van der Waals surface area contributed by atoms with Gasteiger partial charge >= 0.3 is 0 Å². The van der Waals surface area contributed by atoms with Crippen LogP contribution < -0.4 is 10.5 Å². The fraction of sp³-hybridized carbons (Fsp3) is 0.200. The average Bonchev–Trinajstić information content (AvgIpc) is 2.27. The molecule has 0 saturated carbocycles. The number of ether oxygens (including phenoxy) is 1. The van der Waals surface area contributed by atoms with Crippen molar-refractivity contribution < 1.29 is 4.74 Å². The molecule has 0 aliphatic rings. The fourth-order valence-electron chi connectivity index (χ4n) is 1.49. The van der Waals surface area contributed by atoms with Crippen LogP contribution in [-0.2, 0) is 6.54 Å². The molecule has 0 spiro atoms. The Morgan fingerprint density at radius 1 is 1.21 bits per heavy atom. The van der Waals surface area contributed by atoms with Crippen LogP contribution in [0.15, 0.2) is 24.5 Å². The average molecular weight is 189 g/mol. The number of aromatic nitrogens is 2. The number of hydrogen-bond acceptors (Lipinski definition) is 4. The Bertz CT molecular complexity index is 414. The summed E-state index contributed by atoms with van der Waals surface area (Å²) < 4.78 is 5.22. The van der Waals surface area contributed by atoms with E-state index < -0.39 is 0 Å². The van der Waals surface area contributed by atoms with E-state index in [9.17, 15) is 0 Å². The summed E-state index contributed by atoms with van der Waals surface area (Å²) >= 11 is 0. The van der Waals surface area contributed by atoms with Crippen molar-refractivity contribution in [3.63, 3.8) is 0 Å². The minimum Gasteiger partial charge on any atom is -0.496 e. The van der Waals surface area contributed by atoms with Crippen molar-refractivity contribution in [3.8, 4) is 5.75 Å². The van der Waals surface area contributed by atoms with Crippen molar-refractivity contribution in [2.24, 2.45) is 5.73 Å². The molecule has 2 N–H and O–H groups in total. The summed E-state index contributed by atoms with van der Waals surface area (Å²) in [5.74, 6) is 0.798. The Hall–Kier alpha value is -1.68. The second-order valence-electron chi connectivity index (χ2n) is 2.95. The first-order valence-electron chi connectivity index (χ1n) is 4.33. The van der Waals surface area contributed by atoms with Crippen molar-refractivity contribution in [1.29, 1.82) is 0 Å². The van der Waals surface area contributed by atoms with Crippen LogP contribution in [0.25, 0.3) is 10.8 Å². The first kappa shape index (κ1) is 8.90. The van der Waals surface area contributed by atoms with Crippen molar-refractivity contribution in [2.45, 2.75) is 6.54 Å². The lowest BCUT2D eigenvalue weighted by Gasteiger charge is -2.07. The monoisotopic (exact) mass is 189 g/mol. The van der Waals surface area contributed by atoms with Gasteiger partial charge in [-0.05, 0) is 11.6 Å². The third-order valence-corrected chi connectivity index (χ3v) is 2.22. The fourth-order valence-corrected chi connectivity index (χ4v) is 1.49. The van der Waals surface area contributed by atoms with E-state index in [1.54, 1.807) is 19.5 Å². The summed E-state index contributed by atoms with van der Waals surface area (Å²) in [4.78, 5) is 0. The van der Waals surface area contributed by atoms with E-state index >= 15 is 0 Å². The molecular weight excluding hydrogens is 178 g/mol. The maximum absolute atomic E-state index is 5.62. The molecule has 0 aliphatic carbocycles. The summed E-state index contributed by atoms with van der Waals surface area (Å²) in [5.41, 5.74) is 6.67. The molecule has 4 nitrogen and oxygen atoms in total. The van der Waals surface area contributed by atoms with Gasteiger partial charge in [0.25, 0.3) is 0 Å². The zero-order valence-electron chi connectivity index (χ0n) is 7.90. The van der Waals surface area contributed by atoms with Crippen LogP contribution in [0.5, 0.6) is 5.75 Å². The van der Waals surface area contributed by atoms with E-state index in [0.29, 0.717) is 6.54 Å². The molecule has 0 saturated heterocycles. The number of methoxy groups -OCH3 is 1. The van der Waals surface area contributed by atoms with Gasteiger partial charge in [0.15, 0.2) is 0 Å². The molecule has 1 heterocycles. The van der Waals surface area contributed by atoms with Crippen molar-refractivity contribution in [2.75, 3.05) is 7.11 Å². The quantitative estimate of drug-likeness (QED) is 0.768. The summed E-state index contributed by atoms with van der Waals surface area (Å²) in [6, 6.07) is 3.84. The third-order valence-electron chi connectivity index (χ3n) is 2.22. The normalized spacial score (nSPS) is 10.4. The highest BCUT2D eigenvalue weighted by molar-refractivity contribution is 5.89. The van der Waals surface area contributed by atoms with E-state index in [-0.39, 0.29) is 0 Å². The smallest absolute Gasteiger partial charge is 0.128 e. The molecule has 0 radical (unpaired) electrons. The number of nitrogens with two attached hydrogens (primary N) is 1. The van der Waals surface area contributed by atoms with Crippen LogP contribution in [0.4, 0.5) is 0 Å². The van der Waals surface area contributed by atoms with E-state index in [0.717, 1.165) is 22.1 Å². The lowest BCUT2D eigenvalue weighted by atomic mass is 10.1. The van der Waals surface area contributed by atoms with Crippen LogP contribution in [0.2, 0.25) is 0 Å². The van der Waals surface area contributed by atoms with E-state index in [2.05, 4.69) is 10.2 Å². The summed E-state index contributed by atoms with van der Waals surface area (Å²) in [5, 5.41) is 9.61. The van der Waals surface area contributed by atoms with Gasteiger partial charge in [-0.25, -0.2) is 0 Å². The predicted octanol–water partition coefficient (Wildman–Crippen LogP) is 1.10. The molecule has 2 rings (SSSR count). The second-order valence-corrected chi connectivity index (χ2v) is 2.95. The van der Waals surface area contributed by atoms with Gasteiger partial charge in [0, 0.05) is 17.3 Å². The Morgan fingerprint density at radius 2 is 1.93 bits per heavy atom. The van der Waals surface area contributed by atoms with Crippen LogP contribution in [0.1, 0.15) is 5.56 Å². The summed E-state index contributed by atoms with van der Waals surface area (Å²) in [7, 11) is 1.64. The summed E-state index contributed by atoms with van der Waals surface area (Å²) in [6.45, 7) is 0.492. The van der Waals surface area contributed by atoms with E-state index in [1.807, 2.05) is 12.1 Å². The SMILES string of the molecule is COc1ccc(CN)c2cnncc12. The third kappa shape index (κ3) is 1.29. The lowest BCUT2D eigenvalue weighted by molar-refractivity contribution is 0.419. The van der Waals surface area contributed by atoms with Crippen molar-refractivity contribution in [1.82, 2.24) is 10.2 Å². The molecule has 0 aliphatic heterocycles. The molecule has 72 valence electrons. The van der Waals surface area contributed by atoms with Crippen molar-refractivity contribution in [3.05, 3.63) is 30.1 Å². The highest BCUT2D eigenvalue weighted by Gasteiger charge is 2.05. The van der Waals surface area contributed by atoms with Gasteiger partial charge in [0.2, 0.25) is 0 Å². The summed E-state index contributed by atoms with van der Waals surface area (Å²) in [6.07, 6.45) is 3.40. The first-order chi connectivity index (χ1) is 6.86. The molecule has 14 heavy (non-hydrogen) atoms. The maximum atomic E-state index is 5.62. The maximum Gasteiger partial charge on any atom is 0.128 e. The van der Waals surface area contributed by atoms with Crippen LogP contribution in [0, 0.1) is 0 Å². The van der Waals surface area contributed by atoms with Gasteiger partial charge in [0.05, 0.1) is 19.5 Å². The zero-order valence-corrected chi connectivity index (χ0v) is 7.90. The molecule has 0 bridgehead atoms. The molecule has 0 amide bonds. The zero-order chi connectivity index (χ0) is 9.97. The lowest BCUT2D eigenvalue weighted by Crippen LogP contribution is -1.98. The Labute approximate surface area is 81.7 Å². The topological polar surface area (TPSA) is 61.0 Å². The highest BCUT2D eigenvalue weighted by atomic mass is 16.5. The standard InChI is InChI=1S/C10H11N3O/c1-14-10-3-2-7(4-11)8-5-12-13-6-9(8)10/h2-3,5-6H,4,11H2,1H3. The second kappa shape index (κ2) is 3.59.